The monoisotopic (exact) mass is 283 g/mol. The average molecular weight is 284 g/mol. The Labute approximate surface area is 105 Å². The fourth-order valence-electron chi connectivity index (χ4n) is 1.19. The summed E-state index contributed by atoms with van der Waals surface area (Å²) in [6.45, 7) is 0.748. The van der Waals surface area contributed by atoms with Gasteiger partial charge in [-0.15, -0.1) is 12.4 Å². The van der Waals surface area contributed by atoms with Crippen LogP contribution in [-0.2, 0) is 11.0 Å². The van der Waals surface area contributed by atoms with Gasteiger partial charge in [-0.2, -0.15) is 0 Å². The second-order valence-corrected chi connectivity index (χ2v) is 4.40. The fourth-order valence-corrected chi connectivity index (χ4v) is 1.60. The van der Waals surface area contributed by atoms with Crippen molar-refractivity contribution in [2.75, 3.05) is 13.6 Å². The highest BCUT2D eigenvalue weighted by Crippen LogP contribution is 2.41. The van der Waals surface area contributed by atoms with Crippen molar-refractivity contribution in [2.45, 2.75) is 6.42 Å². The summed E-state index contributed by atoms with van der Waals surface area (Å²) in [5.74, 6) is -0.501. The van der Waals surface area contributed by atoms with Crippen LogP contribution in [0.4, 0.5) is 0 Å². The van der Waals surface area contributed by atoms with E-state index in [1.807, 2.05) is 7.05 Å². The normalized spacial score (nSPS) is 10.8. The highest BCUT2D eigenvalue weighted by atomic mass is 35.5. The van der Waals surface area contributed by atoms with Crippen LogP contribution in [0.1, 0.15) is 5.56 Å². The van der Waals surface area contributed by atoms with E-state index < -0.39 is 7.82 Å². The van der Waals surface area contributed by atoms with Crippen molar-refractivity contribution in [3.8, 4) is 11.5 Å². The van der Waals surface area contributed by atoms with Crippen molar-refractivity contribution in [2.24, 2.45) is 0 Å². The molecular weight excluding hydrogens is 269 g/mol. The molecule has 4 N–H and O–H groups in total. The number of hydrogen-bond acceptors (Lipinski definition) is 4. The molecule has 8 heteroatoms. The summed E-state index contributed by atoms with van der Waals surface area (Å²) in [6, 6.07) is 4.39. The summed E-state index contributed by atoms with van der Waals surface area (Å²) < 4.78 is 14.9. The molecule has 0 heterocycles. The first kappa shape index (κ1) is 16.2. The lowest BCUT2D eigenvalue weighted by atomic mass is 10.1. The Bertz CT molecular complexity index is 408. The molecule has 0 radical (unpaired) electrons. The highest BCUT2D eigenvalue weighted by Gasteiger charge is 2.18. The maximum atomic E-state index is 10.6. The summed E-state index contributed by atoms with van der Waals surface area (Å²) in [5.41, 5.74) is 0.852. The molecule has 0 saturated heterocycles. The number of phenols is 1. The Morgan fingerprint density at radius 1 is 1.41 bits per heavy atom. The molecule has 0 amide bonds. The standard InChI is InChI=1S/C9H14NO5P.ClH/c1-10-5-4-7-2-3-9(8(11)6-7)15-16(12,13)14;/h2-3,6,10-11H,4-5H2,1H3,(H2,12,13,14);1H. The first-order valence-corrected chi connectivity index (χ1v) is 6.17. The Hall–Kier alpha value is -0.780. The van der Waals surface area contributed by atoms with Crippen LogP contribution in [0, 0.1) is 0 Å². The van der Waals surface area contributed by atoms with Crippen LogP contribution in [0.3, 0.4) is 0 Å². The van der Waals surface area contributed by atoms with E-state index in [4.69, 9.17) is 9.79 Å². The van der Waals surface area contributed by atoms with E-state index in [2.05, 4.69) is 9.84 Å². The maximum absolute atomic E-state index is 10.6. The highest BCUT2D eigenvalue weighted by molar-refractivity contribution is 7.46. The van der Waals surface area contributed by atoms with E-state index in [1.54, 1.807) is 6.07 Å². The van der Waals surface area contributed by atoms with E-state index in [0.717, 1.165) is 12.1 Å². The smallest absolute Gasteiger partial charge is 0.504 e. The molecule has 0 aliphatic heterocycles. The lowest BCUT2D eigenvalue weighted by Gasteiger charge is -2.09. The zero-order valence-corrected chi connectivity index (χ0v) is 10.9. The van der Waals surface area contributed by atoms with Gasteiger partial charge < -0.3 is 14.9 Å². The number of rotatable bonds is 5. The van der Waals surface area contributed by atoms with E-state index in [-0.39, 0.29) is 23.9 Å². The predicted molar refractivity (Wildman–Crippen MR) is 65.7 cm³/mol. The van der Waals surface area contributed by atoms with E-state index in [0.29, 0.717) is 6.42 Å². The van der Waals surface area contributed by atoms with Gasteiger partial charge in [-0.05, 0) is 37.7 Å². The van der Waals surface area contributed by atoms with Gasteiger partial charge in [0.25, 0.3) is 0 Å². The molecule has 0 bridgehead atoms. The van der Waals surface area contributed by atoms with Gasteiger partial charge in [-0.3, -0.25) is 9.79 Å². The third-order valence-corrected chi connectivity index (χ3v) is 2.34. The van der Waals surface area contributed by atoms with Crippen molar-refractivity contribution in [1.82, 2.24) is 5.32 Å². The molecule has 1 aromatic carbocycles. The van der Waals surface area contributed by atoms with Gasteiger partial charge in [0.1, 0.15) is 0 Å². The molecule has 17 heavy (non-hydrogen) atoms. The summed E-state index contributed by atoms with van der Waals surface area (Å²) in [7, 11) is -2.81. The summed E-state index contributed by atoms with van der Waals surface area (Å²) in [4.78, 5) is 17.1. The van der Waals surface area contributed by atoms with Crippen molar-refractivity contribution in [3.63, 3.8) is 0 Å². The SMILES string of the molecule is CNCCc1ccc(OP(=O)(O)O)c(O)c1.Cl. The van der Waals surface area contributed by atoms with Gasteiger partial charge >= 0.3 is 7.82 Å². The van der Waals surface area contributed by atoms with Gasteiger partial charge in [0.2, 0.25) is 0 Å². The molecule has 0 aliphatic carbocycles. The third-order valence-electron chi connectivity index (χ3n) is 1.90. The molecule has 0 unspecified atom stereocenters. The average Bonchev–Trinajstić information content (AvgIpc) is 2.17. The van der Waals surface area contributed by atoms with Crippen molar-refractivity contribution in [3.05, 3.63) is 23.8 Å². The van der Waals surface area contributed by atoms with Crippen LogP contribution < -0.4 is 9.84 Å². The summed E-state index contributed by atoms with van der Waals surface area (Å²) in [5, 5.41) is 12.4. The van der Waals surface area contributed by atoms with Crippen LogP contribution >= 0.6 is 20.2 Å². The molecule has 98 valence electrons. The number of phosphoric ester groups is 1. The molecule has 0 saturated carbocycles. The molecule has 0 aliphatic rings. The minimum Gasteiger partial charge on any atom is -0.504 e. The molecular formula is C9H15ClNO5P. The topological polar surface area (TPSA) is 99.0 Å². The predicted octanol–water partition coefficient (Wildman–Crippen LogP) is 1.05. The van der Waals surface area contributed by atoms with Gasteiger partial charge in [-0.25, -0.2) is 4.57 Å². The maximum Gasteiger partial charge on any atom is 0.524 e. The van der Waals surface area contributed by atoms with Crippen LogP contribution in [-0.4, -0.2) is 28.5 Å². The number of phenolic OH excluding ortho intramolecular Hbond substituents is 1. The molecule has 0 spiro atoms. The number of phosphoric acid groups is 1. The quantitative estimate of drug-likeness (QED) is 0.603. The Balaban J connectivity index is 0.00000256. The second-order valence-electron chi connectivity index (χ2n) is 3.24. The molecule has 6 nitrogen and oxygen atoms in total. The lowest BCUT2D eigenvalue weighted by molar-refractivity contribution is 0.277. The van der Waals surface area contributed by atoms with Crippen LogP contribution in [0.5, 0.6) is 11.5 Å². The van der Waals surface area contributed by atoms with Crippen LogP contribution in [0.25, 0.3) is 0 Å². The summed E-state index contributed by atoms with van der Waals surface area (Å²) in [6.07, 6.45) is 0.709. The Morgan fingerprint density at radius 2 is 2.06 bits per heavy atom. The number of aromatic hydroxyl groups is 1. The van der Waals surface area contributed by atoms with Crippen LogP contribution in [0.15, 0.2) is 18.2 Å². The number of nitrogens with one attached hydrogen (secondary N) is 1. The van der Waals surface area contributed by atoms with E-state index >= 15 is 0 Å². The molecule has 0 atom stereocenters. The third kappa shape index (κ3) is 5.91. The van der Waals surface area contributed by atoms with Gasteiger partial charge in [-0.1, -0.05) is 6.07 Å². The molecule has 0 fully saturated rings. The largest absolute Gasteiger partial charge is 0.524 e. The minimum absolute atomic E-state index is 0. The van der Waals surface area contributed by atoms with Crippen molar-refractivity contribution in [1.29, 1.82) is 0 Å². The number of likely N-dealkylation sites (N-methyl/N-ethyl adjacent to an activating group) is 1. The van der Waals surface area contributed by atoms with E-state index in [1.165, 1.54) is 12.1 Å². The van der Waals surface area contributed by atoms with Crippen molar-refractivity contribution < 1.29 is 24.0 Å². The van der Waals surface area contributed by atoms with Gasteiger partial charge in [0, 0.05) is 0 Å². The number of benzene rings is 1. The van der Waals surface area contributed by atoms with E-state index in [9.17, 15) is 9.67 Å². The lowest BCUT2D eigenvalue weighted by Crippen LogP contribution is -2.10. The van der Waals surface area contributed by atoms with Crippen molar-refractivity contribution >= 4 is 20.2 Å². The molecule has 0 aromatic heterocycles. The second kappa shape index (κ2) is 6.83. The van der Waals surface area contributed by atoms with Crippen LogP contribution in [0.2, 0.25) is 0 Å². The first-order valence-electron chi connectivity index (χ1n) is 4.64. The Morgan fingerprint density at radius 3 is 2.53 bits per heavy atom. The minimum atomic E-state index is -4.62. The zero-order valence-electron chi connectivity index (χ0n) is 9.16. The zero-order chi connectivity index (χ0) is 12.2. The molecule has 1 aromatic rings. The summed E-state index contributed by atoms with van der Waals surface area (Å²) >= 11 is 0. The first-order chi connectivity index (χ1) is 7.42. The number of hydrogen-bond donors (Lipinski definition) is 4. The number of halogens is 1. The fraction of sp³-hybridized carbons (Fsp3) is 0.333. The molecule has 1 rings (SSSR count). The van der Waals surface area contributed by atoms with Gasteiger partial charge in [0.15, 0.2) is 11.5 Å². The van der Waals surface area contributed by atoms with Gasteiger partial charge in [0.05, 0.1) is 0 Å². The Kier molecular flexibility index (Phi) is 6.52.